The highest BCUT2D eigenvalue weighted by atomic mass is 32.1. The Kier molecular flexibility index (Phi) is 6.46. The zero-order valence-corrected chi connectivity index (χ0v) is 19.4. The molecule has 168 valence electrons. The molecule has 32 heavy (non-hydrogen) atoms. The molecule has 3 heterocycles. The summed E-state index contributed by atoms with van der Waals surface area (Å²) in [5, 5.41) is 4.70. The molecule has 1 aromatic carbocycles. The molecule has 1 aliphatic heterocycles. The molecule has 2 aliphatic rings. The van der Waals surface area contributed by atoms with E-state index in [1.165, 1.54) is 44.2 Å². The molecule has 0 atom stereocenters. The first-order chi connectivity index (χ1) is 15.7. The van der Waals surface area contributed by atoms with Gasteiger partial charge in [-0.05, 0) is 76.2 Å². The number of likely N-dealkylation sites (tertiary alicyclic amines) is 1. The molecule has 7 heteroatoms. The molecule has 3 aromatic rings. The van der Waals surface area contributed by atoms with Crippen LogP contribution in [0.3, 0.4) is 0 Å². The van der Waals surface area contributed by atoms with Gasteiger partial charge >= 0.3 is 0 Å². The van der Waals surface area contributed by atoms with Crippen LogP contribution >= 0.6 is 11.3 Å². The first kappa shape index (κ1) is 21.5. The number of benzene rings is 1. The van der Waals surface area contributed by atoms with E-state index < -0.39 is 0 Å². The van der Waals surface area contributed by atoms with Crippen molar-refractivity contribution in [1.82, 2.24) is 19.9 Å². The first-order valence-corrected chi connectivity index (χ1v) is 12.5. The third-order valence-corrected chi connectivity index (χ3v) is 7.90. The van der Waals surface area contributed by atoms with E-state index in [9.17, 15) is 4.39 Å². The van der Waals surface area contributed by atoms with E-state index in [1.807, 2.05) is 24.4 Å². The molecule has 2 aromatic heterocycles. The van der Waals surface area contributed by atoms with Gasteiger partial charge in [0.2, 0.25) is 5.95 Å². The number of hydrogen-bond donors (Lipinski definition) is 1. The lowest BCUT2D eigenvalue weighted by Gasteiger charge is -2.27. The van der Waals surface area contributed by atoms with Crippen LogP contribution in [0.4, 0.5) is 10.3 Å². The fourth-order valence-electron chi connectivity index (χ4n) is 4.73. The number of aromatic nitrogens is 3. The van der Waals surface area contributed by atoms with E-state index in [0.717, 1.165) is 52.8 Å². The van der Waals surface area contributed by atoms with Gasteiger partial charge in [0, 0.05) is 23.7 Å². The summed E-state index contributed by atoms with van der Waals surface area (Å²) in [6.07, 6.45) is 10.3. The zero-order chi connectivity index (χ0) is 21.9. The van der Waals surface area contributed by atoms with E-state index in [0.29, 0.717) is 17.9 Å². The maximum absolute atomic E-state index is 13.6. The Bertz CT molecular complexity index is 1040. The van der Waals surface area contributed by atoms with Gasteiger partial charge in [0.1, 0.15) is 5.82 Å². The molecule has 1 saturated carbocycles. The van der Waals surface area contributed by atoms with Gasteiger partial charge < -0.3 is 10.2 Å². The van der Waals surface area contributed by atoms with Crippen LogP contribution in [-0.2, 0) is 0 Å². The Morgan fingerprint density at radius 3 is 2.47 bits per heavy atom. The molecule has 0 unspecified atom stereocenters. The predicted octanol–water partition coefficient (Wildman–Crippen LogP) is 5.96. The smallest absolute Gasteiger partial charge is 0.223 e. The second-order valence-corrected chi connectivity index (χ2v) is 10.1. The lowest BCUT2D eigenvalue weighted by molar-refractivity contribution is 0.255. The summed E-state index contributed by atoms with van der Waals surface area (Å²) in [5.74, 6) is 0.918. The molecular weight excluding hydrogens is 421 g/mol. The Morgan fingerprint density at radius 2 is 1.72 bits per heavy atom. The lowest BCUT2D eigenvalue weighted by atomic mass is 9.96. The van der Waals surface area contributed by atoms with Gasteiger partial charge in [0.05, 0.1) is 21.3 Å². The normalized spacial score (nSPS) is 18.7. The summed E-state index contributed by atoms with van der Waals surface area (Å²) in [4.78, 5) is 17.9. The number of nitrogens with one attached hydrogen (secondary N) is 1. The summed E-state index contributed by atoms with van der Waals surface area (Å²) in [6, 6.07) is 9.05. The van der Waals surface area contributed by atoms with Crippen LogP contribution in [0.1, 0.15) is 55.9 Å². The summed E-state index contributed by atoms with van der Waals surface area (Å²) >= 11 is 1.73. The fourth-order valence-corrected chi connectivity index (χ4v) is 5.95. The van der Waals surface area contributed by atoms with Gasteiger partial charge in [-0.1, -0.05) is 19.3 Å². The quantitative estimate of drug-likeness (QED) is 0.519. The third kappa shape index (κ3) is 4.84. The Balaban J connectivity index is 1.49. The second-order valence-electron chi connectivity index (χ2n) is 9.06. The number of thiazole rings is 1. The van der Waals surface area contributed by atoms with Crippen LogP contribution in [0.5, 0.6) is 0 Å². The molecular formula is C25H30FN5S. The van der Waals surface area contributed by atoms with Crippen molar-refractivity contribution in [3.05, 3.63) is 47.4 Å². The number of halogens is 1. The summed E-state index contributed by atoms with van der Waals surface area (Å²) < 4.78 is 13.6. The largest absolute Gasteiger partial charge is 0.351 e. The molecule has 2 fully saturated rings. The average molecular weight is 452 g/mol. The van der Waals surface area contributed by atoms with Gasteiger partial charge in [-0.15, -0.1) is 11.3 Å². The number of nitrogens with zero attached hydrogens (tertiary/aromatic N) is 4. The van der Waals surface area contributed by atoms with Crippen LogP contribution in [0.25, 0.3) is 21.8 Å². The average Bonchev–Trinajstić information content (AvgIpc) is 3.26. The van der Waals surface area contributed by atoms with Crippen molar-refractivity contribution in [2.24, 2.45) is 0 Å². The minimum absolute atomic E-state index is 0.234. The van der Waals surface area contributed by atoms with Gasteiger partial charge in [-0.2, -0.15) is 0 Å². The summed E-state index contributed by atoms with van der Waals surface area (Å²) in [7, 11) is 2.18. The van der Waals surface area contributed by atoms with E-state index in [-0.39, 0.29) is 5.82 Å². The SMILES string of the molecule is CN1CCC(c2nc(-c3ccc(F)cc3)c(-c3ccnc(NC4CCCCC4)n3)s2)CC1. The lowest BCUT2D eigenvalue weighted by Crippen LogP contribution is -2.29. The predicted molar refractivity (Wildman–Crippen MR) is 129 cm³/mol. The highest BCUT2D eigenvalue weighted by Crippen LogP contribution is 2.41. The highest BCUT2D eigenvalue weighted by Gasteiger charge is 2.25. The molecule has 0 bridgehead atoms. The van der Waals surface area contributed by atoms with E-state index in [1.54, 1.807) is 11.3 Å². The first-order valence-electron chi connectivity index (χ1n) is 11.7. The van der Waals surface area contributed by atoms with Crippen molar-refractivity contribution in [1.29, 1.82) is 0 Å². The maximum Gasteiger partial charge on any atom is 0.223 e. The van der Waals surface area contributed by atoms with E-state index in [2.05, 4.69) is 22.2 Å². The van der Waals surface area contributed by atoms with Gasteiger partial charge in [0.25, 0.3) is 0 Å². The Labute approximate surface area is 193 Å². The van der Waals surface area contributed by atoms with Crippen LogP contribution in [0.15, 0.2) is 36.5 Å². The molecule has 1 saturated heterocycles. The number of hydrogen-bond acceptors (Lipinski definition) is 6. The van der Waals surface area contributed by atoms with Crippen LogP contribution in [-0.4, -0.2) is 46.0 Å². The zero-order valence-electron chi connectivity index (χ0n) is 18.6. The second kappa shape index (κ2) is 9.63. The topological polar surface area (TPSA) is 53.9 Å². The molecule has 1 aliphatic carbocycles. The molecule has 0 radical (unpaired) electrons. The van der Waals surface area contributed by atoms with Crippen LogP contribution in [0.2, 0.25) is 0 Å². The molecule has 0 spiro atoms. The van der Waals surface area contributed by atoms with Crippen molar-refractivity contribution in [2.75, 3.05) is 25.5 Å². The maximum atomic E-state index is 13.6. The minimum Gasteiger partial charge on any atom is -0.351 e. The minimum atomic E-state index is -0.234. The number of rotatable bonds is 5. The Hall–Kier alpha value is -2.38. The third-order valence-electron chi connectivity index (χ3n) is 6.66. The van der Waals surface area contributed by atoms with Gasteiger partial charge in [-0.3, -0.25) is 0 Å². The number of anilines is 1. The molecule has 0 amide bonds. The van der Waals surface area contributed by atoms with Crippen molar-refractivity contribution >= 4 is 17.3 Å². The van der Waals surface area contributed by atoms with Crippen LogP contribution < -0.4 is 5.32 Å². The Morgan fingerprint density at radius 1 is 0.969 bits per heavy atom. The summed E-state index contributed by atoms with van der Waals surface area (Å²) in [5.41, 5.74) is 2.71. The number of piperidine rings is 1. The molecule has 1 N–H and O–H groups in total. The summed E-state index contributed by atoms with van der Waals surface area (Å²) in [6.45, 7) is 2.18. The van der Waals surface area contributed by atoms with Gasteiger partial charge in [0.15, 0.2) is 0 Å². The van der Waals surface area contributed by atoms with E-state index in [4.69, 9.17) is 9.97 Å². The van der Waals surface area contributed by atoms with Crippen LogP contribution in [0, 0.1) is 5.82 Å². The van der Waals surface area contributed by atoms with E-state index >= 15 is 0 Å². The standard InChI is InChI=1S/C25H30FN5S/c1-31-15-12-18(13-16-31)24-30-22(17-7-9-19(26)10-8-17)23(32-24)21-11-14-27-25(29-21)28-20-5-3-2-4-6-20/h7-11,14,18,20H,2-6,12-13,15-16H2,1H3,(H,27,28,29). The molecule has 5 nitrogen and oxygen atoms in total. The van der Waals surface area contributed by atoms with Crippen molar-refractivity contribution in [3.63, 3.8) is 0 Å². The fraction of sp³-hybridized carbons (Fsp3) is 0.480. The highest BCUT2D eigenvalue weighted by molar-refractivity contribution is 7.15. The van der Waals surface area contributed by atoms with Crippen molar-refractivity contribution in [3.8, 4) is 21.8 Å². The molecule has 5 rings (SSSR count). The van der Waals surface area contributed by atoms with Crippen molar-refractivity contribution < 1.29 is 4.39 Å². The van der Waals surface area contributed by atoms with Gasteiger partial charge in [-0.25, -0.2) is 19.3 Å². The monoisotopic (exact) mass is 451 g/mol. The van der Waals surface area contributed by atoms with Crippen molar-refractivity contribution in [2.45, 2.75) is 56.9 Å².